The molecule has 0 unspecified atom stereocenters. The Bertz CT molecular complexity index is 795. The summed E-state index contributed by atoms with van der Waals surface area (Å²) in [6.45, 7) is 2.70. The minimum absolute atomic E-state index is 0.0567. The van der Waals surface area contributed by atoms with Gasteiger partial charge in [-0.2, -0.15) is 0 Å². The number of carbonyl (C=O) groups is 2. The molecule has 2 amide bonds. The van der Waals surface area contributed by atoms with Crippen molar-refractivity contribution in [2.24, 2.45) is 0 Å². The van der Waals surface area contributed by atoms with Gasteiger partial charge in [0.05, 0.1) is 7.11 Å². The lowest BCUT2D eigenvalue weighted by Gasteiger charge is -2.31. The molecule has 1 aliphatic heterocycles. The summed E-state index contributed by atoms with van der Waals surface area (Å²) in [5.74, 6) is -0.259. The second-order valence-corrected chi connectivity index (χ2v) is 6.17. The Morgan fingerprint density at radius 1 is 1.27 bits per heavy atom. The van der Waals surface area contributed by atoms with Gasteiger partial charge in [0.1, 0.15) is 22.8 Å². The molecule has 1 aliphatic rings. The smallest absolute Gasteiger partial charge is 0.409 e. The highest BCUT2D eigenvalue weighted by Gasteiger charge is 2.27. The van der Waals surface area contributed by atoms with Crippen molar-refractivity contribution in [3.8, 4) is 11.3 Å². The van der Waals surface area contributed by atoms with E-state index in [-0.39, 0.29) is 23.9 Å². The third kappa shape index (κ3) is 3.68. The molecule has 3 rings (SSSR count). The SMILES string of the molecule is COC(=O)N1CCC(NC(=O)c2c(-c3ccc(F)cc3)noc2C)CC1. The van der Waals surface area contributed by atoms with E-state index in [0.29, 0.717) is 48.5 Å². The fraction of sp³-hybridized carbons (Fsp3) is 0.389. The van der Waals surface area contributed by atoms with Crippen LogP contribution in [0.4, 0.5) is 9.18 Å². The van der Waals surface area contributed by atoms with Crippen LogP contribution in [0.15, 0.2) is 28.8 Å². The molecule has 2 heterocycles. The van der Waals surface area contributed by atoms with Crippen molar-refractivity contribution in [2.75, 3.05) is 20.2 Å². The Kier molecular flexibility index (Phi) is 5.20. The maximum absolute atomic E-state index is 13.1. The van der Waals surface area contributed by atoms with Crippen molar-refractivity contribution in [3.63, 3.8) is 0 Å². The number of methoxy groups -OCH3 is 1. The molecular formula is C18H20FN3O4. The lowest BCUT2D eigenvalue weighted by molar-refractivity contribution is 0.0891. The summed E-state index contributed by atoms with van der Waals surface area (Å²) in [7, 11) is 1.35. The molecule has 8 heteroatoms. The molecule has 0 radical (unpaired) electrons. The van der Waals surface area contributed by atoms with E-state index in [0.717, 1.165) is 0 Å². The van der Waals surface area contributed by atoms with E-state index < -0.39 is 0 Å². The van der Waals surface area contributed by atoms with Crippen LogP contribution < -0.4 is 5.32 Å². The average molecular weight is 361 g/mol. The zero-order chi connectivity index (χ0) is 18.7. The summed E-state index contributed by atoms with van der Waals surface area (Å²) in [6.07, 6.45) is 0.914. The standard InChI is InChI=1S/C18H20FN3O4/c1-11-15(16(21-26-11)12-3-5-13(19)6-4-12)17(23)20-14-7-9-22(10-8-14)18(24)25-2/h3-6,14H,7-10H2,1-2H3,(H,20,23). The summed E-state index contributed by atoms with van der Waals surface area (Å²) >= 11 is 0. The molecule has 1 saturated heterocycles. The van der Waals surface area contributed by atoms with Crippen LogP contribution in [0.2, 0.25) is 0 Å². The number of aryl methyl sites for hydroxylation is 1. The Labute approximate surface area is 150 Å². The highest BCUT2D eigenvalue weighted by Crippen LogP contribution is 2.26. The number of nitrogens with one attached hydrogen (secondary N) is 1. The second kappa shape index (κ2) is 7.55. The van der Waals surface area contributed by atoms with Crippen LogP contribution in [0.3, 0.4) is 0 Å². The summed E-state index contributed by atoms with van der Waals surface area (Å²) in [4.78, 5) is 25.9. The molecule has 2 aromatic rings. The third-order valence-corrected chi connectivity index (χ3v) is 4.47. The van der Waals surface area contributed by atoms with E-state index in [2.05, 4.69) is 10.5 Å². The topological polar surface area (TPSA) is 84.7 Å². The van der Waals surface area contributed by atoms with Crippen molar-refractivity contribution < 1.29 is 23.2 Å². The fourth-order valence-corrected chi connectivity index (χ4v) is 3.04. The van der Waals surface area contributed by atoms with Crippen molar-refractivity contribution >= 4 is 12.0 Å². The number of benzene rings is 1. The van der Waals surface area contributed by atoms with Crippen molar-refractivity contribution in [2.45, 2.75) is 25.8 Å². The van der Waals surface area contributed by atoms with E-state index in [4.69, 9.17) is 9.26 Å². The number of likely N-dealkylation sites (tertiary alicyclic amines) is 1. The molecule has 0 atom stereocenters. The van der Waals surface area contributed by atoms with Gasteiger partial charge in [-0.1, -0.05) is 5.16 Å². The number of nitrogens with zero attached hydrogens (tertiary/aromatic N) is 2. The van der Waals surface area contributed by atoms with E-state index in [9.17, 15) is 14.0 Å². The first-order valence-electron chi connectivity index (χ1n) is 8.35. The van der Waals surface area contributed by atoms with Gasteiger partial charge in [0.25, 0.3) is 5.91 Å². The first-order valence-corrected chi connectivity index (χ1v) is 8.35. The molecule has 0 aliphatic carbocycles. The van der Waals surface area contributed by atoms with Crippen molar-refractivity contribution in [1.82, 2.24) is 15.4 Å². The Balaban J connectivity index is 1.70. The summed E-state index contributed by atoms with van der Waals surface area (Å²) < 4.78 is 23.0. The monoisotopic (exact) mass is 361 g/mol. The van der Waals surface area contributed by atoms with E-state index in [1.807, 2.05) is 0 Å². The summed E-state index contributed by atoms with van der Waals surface area (Å²) in [6, 6.07) is 5.67. The van der Waals surface area contributed by atoms with Gasteiger partial charge in [0.15, 0.2) is 0 Å². The molecule has 138 valence electrons. The number of piperidine rings is 1. The summed E-state index contributed by atoms with van der Waals surface area (Å²) in [5.41, 5.74) is 1.33. The lowest BCUT2D eigenvalue weighted by Crippen LogP contribution is -2.46. The van der Waals surface area contributed by atoms with Gasteiger partial charge in [0, 0.05) is 24.7 Å². The van der Waals surface area contributed by atoms with E-state index >= 15 is 0 Å². The zero-order valence-corrected chi connectivity index (χ0v) is 14.6. The minimum atomic E-state index is -0.364. The molecular weight excluding hydrogens is 341 g/mol. The van der Waals surface area contributed by atoms with Crippen LogP contribution in [0, 0.1) is 12.7 Å². The zero-order valence-electron chi connectivity index (χ0n) is 14.6. The van der Waals surface area contributed by atoms with Crippen LogP contribution in [-0.4, -0.2) is 48.3 Å². The highest BCUT2D eigenvalue weighted by atomic mass is 19.1. The van der Waals surface area contributed by atoms with Crippen LogP contribution >= 0.6 is 0 Å². The van der Waals surface area contributed by atoms with Gasteiger partial charge in [0.2, 0.25) is 0 Å². The van der Waals surface area contributed by atoms with Crippen LogP contribution in [0.5, 0.6) is 0 Å². The first-order chi connectivity index (χ1) is 12.5. The third-order valence-electron chi connectivity index (χ3n) is 4.47. The maximum atomic E-state index is 13.1. The number of rotatable bonds is 3. The quantitative estimate of drug-likeness (QED) is 0.909. The number of amides is 2. The predicted octanol–water partition coefficient (Wildman–Crippen LogP) is 2.75. The van der Waals surface area contributed by atoms with Gasteiger partial charge in [-0.05, 0) is 44.0 Å². The molecule has 1 aromatic heterocycles. The molecule has 0 saturated carbocycles. The molecule has 0 bridgehead atoms. The van der Waals surface area contributed by atoms with E-state index in [1.54, 1.807) is 24.0 Å². The Hall–Kier alpha value is -2.90. The Morgan fingerprint density at radius 2 is 1.92 bits per heavy atom. The van der Waals surface area contributed by atoms with Crippen LogP contribution in [0.1, 0.15) is 29.0 Å². The largest absolute Gasteiger partial charge is 0.453 e. The van der Waals surface area contributed by atoms with Crippen molar-refractivity contribution in [3.05, 3.63) is 41.4 Å². The van der Waals surface area contributed by atoms with Crippen LogP contribution in [0.25, 0.3) is 11.3 Å². The van der Waals surface area contributed by atoms with Gasteiger partial charge in [-0.15, -0.1) is 0 Å². The molecule has 26 heavy (non-hydrogen) atoms. The molecule has 7 nitrogen and oxygen atoms in total. The number of aromatic nitrogens is 1. The lowest BCUT2D eigenvalue weighted by atomic mass is 10.0. The number of hydrogen-bond donors (Lipinski definition) is 1. The molecule has 1 fully saturated rings. The second-order valence-electron chi connectivity index (χ2n) is 6.17. The Morgan fingerprint density at radius 3 is 2.54 bits per heavy atom. The number of carbonyl (C=O) groups excluding carboxylic acids is 2. The van der Waals surface area contributed by atoms with Gasteiger partial charge < -0.3 is 19.5 Å². The molecule has 1 aromatic carbocycles. The summed E-state index contributed by atoms with van der Waals surface area (Å²) in [5, 5.41) is 6.92. The molecule has 1 N–H and O–H groups in total. The van der Waals surface area contributed by atoms with Crippen molar-refractivity contribution in [1.29, 1.82) is 0 Å². The maximum Gasteiger partial charge on any atom is 0.409 e. The minimum Gasteiger partial charge on any atom is -0.453 e. The normalized spacial score (nSPS) is 15.0. The highest BCUT2D eigenvalue weighted by molar-refractivity contribution is 6.00. The molecule has 0 spiro atoms. The van der Waals surface area contributed by atoms with Gasteiger partial charge >= 0.3 is 6.09 Å². The average Bonchev–Trinajstić information content (AvgIpc) is 3.04. The van der Waals surface area contributed by atoms with Gasteiger partial charge in [-0.25, -0.2) is 9.18 Å². The number of ether oxygens (including phenoxy) is 1. The predicted molar refractivity (Wildman–Crippen MR) is 91.1 cm³/mol. The first kappa shape index (κ1) is 17.9. The number of halogens is 1. The van der Waals surface area contributed by atoms with Gasteiger partial charge in [-0.3, -0.25) is 4.79 Å². The number of hydrogen-bond acceptors (Lipinski definition) is 5. The fourth-order valence-electron chi connectivity index (χ4n) is 3.04. The van der Waals surface area contributed by atoms with E-state index in [1.165, 1.54) is 19.2 Å². The van der Waals surface area contributed by atoms with Crippen LogP contribution in [-0.2, 0) is 4.74 Å².